The topological polar surface area (TPSA) is 0 Å². The van der Waals surface area contributed by atoms with Crippen LogP contribution in [-0.4, -0.2) is 0 Å². The summed E-state index contributed by atoms with van der Waals surface area (Å²) < 4.78 is 0. The molecule has 25 heavy (non-hydrogen) atoms. The fourth-order valence-corrected chi connectivity index (χ4v) is 3.83. The van der Waals surface area contributed by atoms with Crippen LogP contribution in [0.25, 0.3) is 16.7 Å². The van der Waals surface area contributed by atoms with Gasteiger partial charge in [-0.15, -0.1) is 17.2 Å². The van der Waals surface area contributed by atoms with E-state index in [1.54, 1.807) is 11.3 Å². The Morgan fingerprint density at radius 3 is 2.64 bits per heavy atom. The van der Waals surface area contributed by atoms with Crippen molar-refractivity contribution >= 4 is 16.9 Å². The van der Waals surface area contributed by atoms with E-state index in [-0.39, 0.29) is 26.2 Å². The molecular formula is C23H18SZr. The van der Waals surface area contributed by atoms with Crippen molar-refractivity contribution in [2.45, 2.75) is 13.3 Å². The normalized spacial score (nSPS) is 16.2. The summed E-state index contributed by atoms with van der Waals surface area (Å²) in [4.78, 5) is 0. The van der Waals surface area contributed by atoms with Gasteiger partial charge < -0.3 is 0 Å². The molecule has 0 nitrogen and oxygen atoms in total. The second-order valence-electron chi connectivity index (χ2n) is 6.11. The van der Waals surface area contributed by atoms with Crippen LogP contribution in [0.4, 0.5) is 0 Å². The molecule has 0 spiro atoms. The molecule has 1 heterocycles. The van der Waals surface area contributed by atoms with Crippen molar-refractivity contribution < 1.29 is 26.2 Å². The van der Waals surface area contributed by atoms with Gasteiger partial charge in [0, 0.05) is 0 Å². The van der Waals surface area contributed by atoms with Gasteiger partial charge in [0.1, 0.15) is 0 Å². The molecule has 2 aromatic carbocycles. The molecule has 2 aliphatic carbocycles. The Morgan fingerprint density at radius 2 is 1.88 bits per heavy atom. The first-order valence-electron chi connectivity index (χ1n) is 8.23. The van der Waals surface area contributed by atoms with Gasteiger partial charge in [0.25, 0.3) is 0 Å². The monoisotopic (exact) mass is 416 g/mol. The van der Waals surface area contributed by atoms with Crippen LogP contribution >= 0.6 is 11.3 Å². The molecule has 0 amide bonds. The minimum absolute atomic E-state index is 0. The number of rotatable bonds is 1. The first-order chi connectivity index (χ1) is 11.8. The third-order valence-corrected chi connectivity index (χ3v) is 5.07. The van der Waals surface area contributed by atoms with Gasteiger partial charge in [-0.05, 0) is 11.8 Å². The van der Waals surface area contributed by atoms with Crippen LogP contribution in [0, 0.1) is 18.1 Å². The largest absolute Gasteiger partial charge is 2.00 e. The van der Waals surface area contributed by atoms with Gasteiger partial charge in [0.15, 0.2) is 0 Å². The number of allylic oxidation sites excluding steroid dienone is 4. The van der Waals surface area contributed by atoms with Gasteiger partial charge in [-0.3, -0.25) is 0 Å². The Balaban J connectivity index is 0.000000142. The van der Waals surface area contributed by atoms with Crippen LogP contribution < -0.4 is 0 Å². The third kappa shape index (κ3) is 4.02. The Kier molecular flexibility index (Phi) is 6.04. The van der Waals surface area contributed by atoms with Crippen LogP contribution in [0.3, 0.4) is 0 Å². The zero-order chi connectivity index (χ0) is 16.4. The zero-order valence-electron chi connectivity index (χ0n) is 14.1. The third-order valence-electron chi connectivity index (χ3n) is 4.38. The Bertz CT molecular complexity index is 860. The van der Waals surface area contributed by atoms with Crippen LogP contribution in [-0.2, 0) is 32.6 Å². The summed E-state index contributed by atoms with van der Waals surface area (Å²) in [6, 6.07) is 20.2. The van der Waals surface area contributed by atoms with E-state index in [0.717, 1.165) is 6.42 Å². The summed E-state index contributed by atoms with van der Waals surface area (Å²) in [6.07, 6.45) is 8.74. The van der Waals surface area contributed by atoms with E-state index in [9.17, 15) is 0 Å². The summed E-state index contributed by atoms with van der Waals surface area (Å²) in [5.74, 6) is 0.491. The average molecular weight is 418 g/mol. The molecule has 2 aliphatic rings. The first kappa shape index (κ1) is 18.3. The number of fused-ring (bicyclic) bond motifs is 3. The minimum Gasteiger partial charge on any atom is -0.194 e. The van der Waals surface area contributed by atoms with E-state index in [4.69, 9.17) is 0 Å². The van der Waals surface area contributed by atoms with E-state index in [1.165, 1.54) is 33.4 Å². The van der Waals surface area contributed by atoms with E-state index in [0.29, 0.717) is 5.92 Å². The molecule has 0 radical (unpaired) electrons. The number of hydrogen-bond donors (Lipinski definition) is 0. The molecule has 2 heteroatoms. The predicted octanol–water partition coefficient (Wildman–Crippen LogP) is 6.20. The molecule has 120 valence electrons. The summed E-state index contributed by atoms with van der Waals surface area (Å²) in [6.45, 7) is 2.15. The smallest absolute Gasteiger partial charge is 0.194 e. The van der Waals surface area contributed by atoms with Gasteiger partial charge in [0.2, 0.25) is 0 Å². The van der Waals surface area contributed by atoms with Crippen molar-refractivity contribution in [1.29, 1.82) is 0 Å². The van der Waals surface area contributed by atoms with Gasteiger partial charge in [-0.25, -0.2) is 0 Å². The fraction of sp³-hybridized carbons (Fsp3) is 0.130. The van der Waals surface area contributed by atoms with Crippen molar-refractivity contribution in [3.63, 3.8) is 0 Å². The van der Waals surface area contributed by atoms with Gasteiger partial charge in [-0.2, -0.15) is 58.9 Å². The molecule has 1 aromatic heterocycles. The van der Waals surface area contributed by atoms with E-state index in [1.807, 2.05) is 6.07 Å². The van der Waals surface area contributed by atoms with Crippen molar-refractivity contribution in [3.05, 3.63) is 100 Å². The van der Waals surface area contributed by atoms with E-state index < -0.39 is 0 Å². The Morgan fingerprint density at radius 1 is 1.04 bits per heavy atom. The Hall–Kier alpha value is -1.50. The van der Waals surface area contributed by atoms with Crippen molar-refractivity contribution in [3.8, 4) is 11.1 Å². The maximum absolute atomic E-state index is 3.37. The van der Waals surface area contributed by atoms with Gasteiger partial charge >= 0.3 is 26.2 Å². The maximum Gasteiger partial charge on any atom is 2.00 e. The maximum atomic E-state index is 3.37. The van der Waals surface area contributed by atoms with E-state index in [2.05, 4.69) is 84.4 Å². The fourth-order valence-electron chi connectivity index (χ4n) is 3.18. The van der Waals surface area contributed by atoms with Gasteiger partial charge in [0.05, 0.1) is 0 Å². The zero-order valence-corrected chi connectivity index (χ0v) is 17.4. The van der Waals surface area contributed by atoms with Crippen LogP contribution in [0.1, 0.15) is 23.6 Å². The molecule has 0 aliphatic heterocycles. The predicted molar refractivity (Wildman–Crippen MR) is 103 cm³/mol. The molecular weight excluding hydrogens is 400 g/mol. The number of benzene rings is 2. The van der Waals surface area contributed by atoms with Gasteiger partial charge in [-0.1, -0.05) is 59.7 Å². The van der Waals surface area contributed by atoms with Crippen LogP contribution in [0.15, 0.2) is 71.4 Å². The summed E-state index contributed by atoms with van der Waals surface area (Å²) >= 11 is 1.73. The molecule has 0 bridgehead atoms. The Labute approximate surface area is 173 Å². The van der Waals surface area contributed by atoms with Crippen molar-refractivity contribution in [2.24, 2.45) is 5.92 Å². The quantitative estimate of drug-likeness (QED) is 0.324. The molecule has 1 unspecified atom stereocenters. The summed E-state index contributed by atoms with van der Waals surface area (Å²) in [5.41, 5.74) is 8.06. The van der Waals surface area contributed by atoms with Crippen molar-refractivity contribution in [1.82, 2.24) is 0 Å². The number of thiophene rings is 1. The van der Waals surface area contributed by atoms with Crippen LogP contribution in [0.2, 0.25) is 0 Å². The molecule has 0 N–H and O–H groups in total. The first-order valence-corrected chi connectivity index (χ1v) is 9.17. The average Bonchev–Trinajstić information content (AvgIpc) is 3.34. The standard InChI is InChI=1S/C13H9.C10H9S.Zr/c1-3-7-12-10(5-1)9-11-6-2-4-8-13(11)12;1-8-2-3-9(6-8)10-4-5-11-7-10;/h1-5,7-8H,9H2;2-5,7-8H,1H3;/q2*-1;+2. The second-order valence-corrected chi connectivity index (χ2v) is 6.89. The molecule has 0 saturated carbocycles. The molecule has 1 atom stereocenters. The minimum atomic E-state index is 0. The SMILES string of the molecule is CC1[C-]=C(c2ccsc2)C=C1.[Zr+2].[c-]1cccc2c1Cc1ccccc1-2. The van der Waals surface area contributed by atoms with E-state index >= 15 is 0 Å². The molecule has 3 aromatic rings. The van der Waals surface area contributed by atoms with Crippen molar-refractivity contribution in [2.75, 3.05) is 0 Å². The second kappa shape index (κ2) is 8.25. The molecule has 0 saturated heterocycles. The molecule has 0 fully saturated rings. The molecule has 5 rings (SSSR count). The summed E-state index contributed by atoms with van der Waals surface area (Å²) in [5, 5.41) is 4.26. The summed E-state index contributed by atoms with van der Waals surface area (Å²) in [7, 11) is 0. The number of hydrogen-bond acceptors (Lipinski definition) is 1. The van der Waals surface area contributed by atoms with Crippen LogP contribution in [0.5, 0.6) is 0 Å².